The zero-order valence-electron chi connectivity index (χ0n) is 31.5. The van der Waals surface area contributed by atoms with Gasteiger partial charge in [-0.1, -0.05) is 27.7 Å². The summed E-state index contributed by atoms with van der Waals surface area (Å²) < 4.78 is 13.5. The summed E-state index contributed by atoms with van der Waals surface area (Å²) in [6.07, 6.45) is 14.3. The van der Waals surface area contributed by atoms with Gasteiger partial charge in [0.2, 0.25) is 11.8 Å². The van der Waals surface area contributed by atoms with E-state index in [1.807, 2.05) is 4.90 Å². The largest absolute Gasteiger partial charge is 0.353 e. The highest BCUT2D eigenvalue weighted by molar-refractivity contribution is 5.97. The van der Waals surface area contributed by atoms with Crippen molar-refractivity contribution in [3.8, 4) is 0 Å². The molecule has 4 heterocycles. The minimum atomic E-state index is -0.336. The Morgan fingerprint density at radius 3 is 2.34 bits per heavy atom. The third kappa shape index (κ3) is 6.04. The third-order valence-corrected chi connectivity index (χ3v) is 16.6. The quantitative estimate of drug-likeness (QED) is 0.291. The lowest BCUT2D eigenvalue weighted by atomic mass is 9.44. The number of piperazine rings is 1. The second-order valence-corrected chi connectivity index (χ2v) is 19.0. The lowest BCUT2D eigenvalue weighted by molar-refractivity contribution is -0.273. The number of nitrogens with zero attached hydrogens (tertiary/aromatic N) is 4. The van der Waals surface area contributed by atoms with E-state index in [1.165, 1.54) is 44.9 Å². The van der Waals surface area contributed by atoms with E-state index in [2.05, 4.69) is 47.7 Å². The maximum Gasteiger partial charge on any atom is 0.270 e. The van der Waals surface area contributed by atoms with Crippen molar-refractivity contribution in [3.05, 3.63) is 11.4 Å². The molecule has 4 aliphatic heterocycles. The molecule has 8 fully saturated rings. The number of hydrogen-bond donors (Lipinski definition) is 1. The normalized spacial score (nSPS) is 46.8. The Morgan fingerprint density at radius 2 is 1.62 bits per heavy atom. The van der Waals surface area contributed by atoms with E-state index in [4.69, 9.17) is 16.0 Å². The van der Waals surface area contributed by atoms with Gasteiger partial charge < -0.3 is 19.7 Å². The number of carbonyl (C=O) groups excluding carboxylic acids is 2. The molecule has 0 aromatic carbocycles. The van der Waals surface area contributed by atoms with Crippen LogP contribution in [-0.4, -0.2) is 103 Å². The molecule has 8 aliphatic rings. The Kier molecular flexibility index (Phi) is 9.60. The van der Waals surface area contributed by atoms with E-state index in [0.29, 0.717) is 53.3 Å². The number of piperidine rings is 1. The zero-order chi connectivity index (χ0) is 34.8. The topological polar surface area (TPSA) is 78.7 Å². The molecular weight excluding hydrogens is 626 g/mol. The van der Waals surface area contributed by atoms with Crippen LogP contribution in [0, 0.1) is 58.8 Å². The Labute approximate surface area is 301 Å². The maximum absolute atomic E-state index is 13.2. The van der Waals surface area contributed by atoms with Crippen LogP contribution >= 0.6 is 0 Å². The second-order valence-electron chi connectivity index (χ2n) is 19.0. The molecule has 0 aromatic rings. The van der Waals surface area contributed by atoms with Crippen molar-refractivity contribution in [2.24, 2.45) is 52.3 Å². The number of likely N-dealkylation sites (tertiary alicyclic amines) is 1. The third-order valence-electron chi connectivity index (χ3n) is 16.6. The highest BCUT2D eigenvalue weighted by Gasteiger charge is 2.69. The van der Waals surface area contributed by atoms with Crippen LogP contribution < -0.4 is 5.32 Å². The van der Waals surface area contributed by atoms with Crippen LogP contribution in [0.25, 0.3) is 4.85 Å². The molecule has 9 heteroatoms. The first-order valence-electron chi connectivity index (χ1n) is 20.7. The van der Waals surface area contributed by atoms with Crippen LogP contribution in [0.15, 0.2) is 0 Å². The van der Waals surface area contributed by atoms with E-state index >= 15 is 0 Å². The summed E-state index contributed by atoms with van der Waals surface area (Å²) in [6, 6.07) is 0.700. The highest BCUT2D eigenvalue weighted by atomic mass is 16.7. The van der Waals surface area contributed by atoms with E-state index in [9.17, 15) is 9.59 Å². The molecule has 278 valence electrons. The summed E-state index contributed by atoms with van der Waals surface area (Å²) >= 11 is 0. The standard InChI is InChI=1S/C41H65N5O4/c1-27-8-15-41(49-25-27)28(2)38-35(50-41)23-34-32-7-6-29-22-30(9-13-39(29,3)33(32)10-14-40(34,38)4)43-36(47)24-37(48)46-16-11-31(12-17-46)45-20-18-44(19-21-45)26-42-5/h27-35,38H,6-26H2,1-4H3,(H,43,47)/t27-,28-,29+,30?,32+,33?,34-,35-,38-,39-,40-,41+/m0/s1. The molecule has 2 unspecified atom stereocenters. The predicted molar refractivity (Wildman–Crippen MR) is 192 cm³/mol. The minimum Gasteiger partial charge on any atom is -0.353 e. The van der Waals surface area contributed by atoms with E-state index in [1.54, 1.807) is 0 Å². The number of ether oxygens (including phenoxy) is 2. The summed E-state index contributed by atoms with van der Waals surface area (Å²) in [5, 5.41) is 3.34. The van der Waals surface area contributed by atoms with Gasteiger partial charge in [-0.2, -0.15) is 0 Å². The van der Waals surface area contributed by atoms with Crippen LogP contribution in [-0.2, 0) is 19.1 Å². The highest BCUT2D eigenvalue weighted by Crippen LogP contribution is 2.71. The van der Waals surface area contributed by atoms with E-state index in [-0.39, 0.29) is 30.1 Å². The molecule has 9 nitrogen and oxygen atoms in total. The maximum atomic E-state index is 13.2. The molecule has 4 saturated heterocycles. The van der Waals surface area contributed by atoms with Crippen molar-refractivity contribution >= 4 is 11.8 Å². The first-order valence-corrected chi connectivity index (χ1v) is 20.7. The lowest BCUT2D eigenvalue weighted by Crippen LogP contribution is -2.56. The molecule has 12 atom stereocenters. The average Bonchev–Trinajstić information content (AvgIpc) is 3.56. The van der Waals surface area contributed by atoms with Crippen molar-refractivity contribution in [2.75, 3.05) is 52.5 Å². The van der Waals surface area contributed by atoms with Crippen molar-refractivity contribution in [1.29, 1.82) is 0 Å². The SMILES string of the molecule is [C-]#[N+]CN1CCN(C2CCN(C(=O)CC(=O)NC3CC[C@]4(C)C5CC[C@]6(C)[C@@H]7[C@H](C[C@H]6[C@@H]5CC[C@@H]4C3)O[C@]3(CC[C@H](C)CO3)[C@H]7C)CC2)CC1. The molecule has 4 saturated carbocycles. The zero-order valence-corrected chi connectivity index (χ0v) is 31.5. The van der Waals surface area contributed by atoms with Crippen molar-refractivity contribution in [1.82, 2.24) is 20.0 Å². The molecule has 1 spiro atoms. The Balaban J connectivity index is 0.813. The summed E-state index contributed by atoms with van der Waals surface area (Å²) in [5.41, 5.74) is 0.704. The summed E-state index contributed by atoms with van der Waals surface area (Å²) in [7, 11) is 0. The monoisotopic (exact) mass is 692 g/mol. The predicted octanol–water partition coefficient (Wildman–Crippen LogP) is 5.79. The lowest BCUT2D eigenvalue weighted by Gasteiger charge is -2.61. The van der Waals surface area contributed by atoms with Gasteiger partial charge in [0, 0.05) is 63.7 Å². The number of rotatable bonds is 5. The molecule has 1 N–H and O–H groups in total. The van der Waals surface area contributed by atoms with Gasteiger partial charge in [-0.25, -0.2) is 11.5 Å². The first-order chi connectivity index (χ1) is 24.0. The molecule has 4 aliphatic carbocycles. The van der Waals surface area contributed by atoms with Crippen molar-refractivity contribution in [2.45, 2.75) is 135 Å². The summed E-state index contributed by atoms with van der Waals surface area (Å²) in [5.74, 6) is 4.28. The molecule has 0 bridgehead atoms. The van der Waals surface area contributed by atoms with E-state index in [0.717, 1.165) is 95.7 Å². The first kappa shape index (κ1) is 35.3. The fraction of sp³-hybridized carbons (Fsp3) is 0.927. The second kappa shape index (κ2) is 13.6. The molecule has 0 aromatic heterocycles. The van der Waals surface area contributed by atoms with Gasteiger partial charge in [0.15, 0.2) is 5.79 Å². The number of amides is 2. The van der Waals surface area contributed by atoms with Gasteiger partial charge in [-0.3, -0.25) is 19.3 Å². The van der Waals surface area contributed by atoms with E-state index < -0.39 is 0 Å². The molecule has 0 radical (unpaired) electrons. The van der Waals surface area contributed by atoms with Crippen LogP contribution in [0.3, 0.4) is 0 Å². The number of carbonyl (C=O) groups is 2. The van der Waals surface area contributed by atoms with Crippen molar-refractivity contribution < 1.29 is 19.1 Å². The number of nitrogens with one attached hydrogen (secondary N) is 1. The molecule has 50 heavy (non-hydrogen) atoms. The molecule has 8 rings (SSSR count). The minimum absolute atomic E-state index is 0.00982. The van der Waals surface area contributed by atoms with Gasteiger partial charge in [0.25, 0.3) is 6.67 Å². The average molecular weight is 692 g/mol. The van der Waals surface area contributed by atoms with Gasteiger partial charge in [0.1, 0.15) is 6.42 Å². The van der Waals surface area contributed by atoms with Gasteiger partial charge in [-0.15, -0.1) is 0 Å². The van der Waals surface area contributed by atoms with Crippen molar-refractivity contribution in [3.63, 3.8) is 0 Å². The number of hydrogen-bond acceptors (Lipinski definition) is 6. The van der Waals surface area contributed by atoms with Crippen LogP contribution in [0.2, 0.25) is 0 Å². The fourth-order valence-corrected chi connectivity index (χ4v) is 13.8. The molecular formula is C41H65N5O4. The van der Waals surface area contributed by atoms with Gasteiger partial charge in [0.05, 0.1) is 12.7 Å². The molecule has 2 amide bonds. The smallest absolute Gasteiger partial charge is 0.270 e. The Bertz CT molecular complexity index is 1310. The Morgan fingerprint density at radius 1 is 0.860 bits per heavy atom. The number of fused-ring (bicyclic) bond motifs is 7. The van der Waals surface area contributed by atoms with Gasteiger partial charge in [-0.05, 0) is 117 Å². The summed E-state index contributed by atoms with van der Waals surface area (Å²) in [6.45, 7) is 23.9. The fourth-order valence-electron chi connectivity index (χ4n) is 13.8. The Hall–Kier alpha value is -1.73. The van der Waals surface area contributed by atoms with Crippen LogP contribution in [0.5, 0.6) is 0 Å². The van der Waals surface area contributed by atoms with Crippen LogP contribution in [0.1, 0.15) is 111 Å². The van der Waals surface area contributed by atoms with Crippen LogP contribution in [0.4, 0.5) is 0 Å². The summed E-state index contributed by atoms with van der Waals surface area (Å²) in [4.78, 5) is 36.6. The van der Waals surface area contributed by atoms with Gasteiger partial charge >= 0.3 is 0 Å².